The Balaban J connectivity index is 2.69. The summed E-state index contributed by atoms with van der Waals surface area (Å²) < 4.78 is 25.9. The fourth-order valence-corrected chi connectivity index (χ4v) is 1.41. The Labute approximate surface area is 93.0 Å². The maximum atomic E-state index is 13.0. The number of primary amides is 1. The second-order valence-electron chi connectivity index (χ2n) is 3.16. The molecule has 1 aromatic rings. The molecule has 1 radical (unpaired) electrons. The molecule has 1 heterocycles. The highest BCUT2D eigenvalue weighted by Crippen LogP contribution is 2.27. The number of nitrogens with two attached hydrogens (primary N) is 1. The molecule has 0 bridgehead atoms. The van der Waals surface area contributed by atoms with E-state index >= 15 is 0 Å². The molecule has 0 aromatic heterocycles. The standard InChI is InChI=1S/C9H4F2N3O3/c10-4-1-3-6(2-5(4)11)14(8(12)16)9(17)13-7(3)15/h1-2H,(H2,12,16). The predicted octanol–water partition coefficient (Wildman–Crippen LogP) is 0.728. The highest BCUT2D eigenvalue weighted by Gasteiger charge is 2.35. The minimum absolute atomic E-state index is 0.291. The molecule has 0 aliphatic carbocycles. The number of benzene rings is 1. The van der Waals surface area contributed by atoms with E-state index in [1.165, 1.54) is 0 Å². The van der Waals surface area contributed by atoms with Gasteiger partial charge in [-0.05, 0) is 6.07 Å². The second kappa shape index (κ2) is 3.51. The Morgan fingerprint density at radius 2 is 1.82 bits per heavy atom. The van der Waals surface area contributed by atoms with Crippen LogP contribution in [0.25, 0.3) is 0 Å². The molecule has 1 aliphatic heterocycles. The first-order chi connectivity index (χ1) is 7.91. The van der Waals surface area contributed by atoms with E-state index in [2.05, 4.69) is 5.32 Å². The van der Waals surface area contributed by atoms with Crippen molar-refractivity contribution in [1.82, 2.24) is 5.32 Å². The monoisotopic (exact) mass is 240 g/mol. The molecule has 17 heavy (non-hydrogen) atoms. The van der Waals surface area contributed by atoms with Gasteiger partial charge in [0.15, 0.2) is 11.6 Å². The van der Waals surface area contributed by atoms with Gasteiger partial charge in [-0.2, -0.15) is 5.32 Å². The molecule has 8 heteroatoms. The van der Waals surface area contributed by atoms with Crippen LogP contribution in [0.2, 0.25) is 0 Å². The van der Waals surface area contributed by atoms with E-state index in [0.717, 1.165) is 0 Å². The maximum absolute atomic E-state index is 13.0. The van der Waals surface area contributed by atoms with Crippen LogP contribution in [0.1, 0.15) is 10.4 Å². The zero-order chi connectivity index (χ0) is 12.7. The van der Waals surface area contributed by atoms with Gasteiger partial charge >= 0.3 is 12.1 Å². The van der Waals surface area contributed by atoms with Crippen molar-refractivity contribution in [2.75, 3.05) is 4.90 Å². The number of imide groups is 2. The molecule has 0 spiro atoms. The van der Waals surface area contributed by atoms with Gasteiger partial charge in [-0.15, -0.1) is 0 Å². The van der Waals surface area contributed by atoms with E-state index in [9.17, 15) is 23.2 Å². The summed E-state index contributed by atoms with van der Waals surface area (Å²) in [6.07, 6.45) is 0. The highest BCUT2D eigenvalue weighted by atomic mass is 19.2. The van der Waals surface area contributed by atoms with Crippen LogP contribution in [-0.4, -0.2) is 18.0 Å². The zero-order valence-corrected chi connectivity index (χ0v) is 8.11. The SMILES string of the molecule is NC(=O)N1C(=O)[N]C(=O)c2cc(F)c(F)cc21. The topological polar surface area (TPSA) is 94.6 Å². The third-order valence-electron chi connectivity index (χ3n) is 2.12. The average molecular weight is 240 g/mol. The molecule has 0 saturated carbocycles. The number of halogens is 2. The van der Waals surface area contributed by atoms with E-state index in [1.54, 1.807) is 0 Å². The van der Waals surface area contributed by atoms with Crippen molar-refractivity contribution >= 4 is 23.7 Å². The van der Waals surface area contributed by atoms with Crippen molar-refractivity contribution in [3.05, 3.63) is 29.3 Å². The number of rotatable bonds is 0. The van der Waals surface area contributed by atoms with Crippen LogP contribution in [0.15, 0.2) is 12.1 Å². The molecule has 0 saturated heterocycles. The van der Waals surface area contributed by atoms with E-state index in [4.69, 9.17) is 5.73 Å². The number of anilines is 1. The summed E-state index contributed by atoms with van der Waals surface area (Å²) in [6.45, 7) is 0. The molecular formula is C9H4F2N3O3. The summed E-state index contributed by atoms with van der Waals surface area (Å²) in [7, 11) is 0. The van der Waals surface area contributed by atoms with E-state index in [-0.39, 0.29) is 0 Å². The summed E-state index contributed by atoms with van der Waals surface area (Å²) in [5.41, 5.74) is 4.07. The molecule has 2 N–H and O–H groups in total. The second-order valence-corrected chi connectivity index (χ2v) is 3.16. The minimum Gasteiger partial charge on any atom is -0.351 e. The van der Waals surface area contributed by atoms with Crippen molar-refractivity contribution in [2.24, 2.45) is 5.73 Å². The summed E-state index contributed by atoms with van der Waals surface area (Å²) in [5, 5.41) is 2.96. The Morgan fingerprint density at radius 3 is 2.41 bits per heavy atom. The number of nitrogens with zero attached hydrogens (tertiary/aromatic N) is 2. The smallest absolute Gasteiger partial charge is 0.351 e. The van der Waals surface area contributed by atoms with Crippen molar-refractivity contribution < 1.29 is 23.2 Å². The lowest BCUT2D eigenvalue weighted by Gasteiger charge is -2.24. The Kier molecular flexibility index (Phi) is 2.27. The Hall–Kier alpha value is -2.51. The summed E-state index contributed by atoms with van der Waals surface area (Å²) >= 11 is 0. The predicted molar refractivity (Wildman–Crippen MR) is 50.3 cm³/mol. The summed E-state index contributed by atoms with van der Waals surface area (Å²) in [4.78, 5) is 33.8. The largest absolute Gasteiger partial charge is 0.359 e. The molecule has 2 rings (SSSR count). The van der Waals surface area contributed by atoms with E-state index in [1.807, 2.05) is 0 Å². The van der Waals surface area contributed by atoms with E-state index in [0.29, 0.717) is 17.0 Å². The van der Waals surface area contributed by atoms with Gasteiger partial charge in [0.25, 0.3) is 5.91 Å². The molecular weight excluding hydrogens is 236 g/mol. The van der Waals surface area contributed by atoms with Gasteiger partial charge in [0.2, 0.25) is 0 Å². The normalized spacial score (nSPS) is 14.4. The van der Waals surface area contributed by atoms with Crippen LogP contribution in [0, 0.1) is 11.6 Å². The van der Waals surface area contributed by atoms with E-state index < -0.39 is 40.9 Å². The summed E-state index contributed by atoms with van der Waals surface area (Å²) in [5.74, 6) is -3.65. The van der Waals surface area contributed by atoms with Crippen LogP contribution in [0.5, 0.6) is 0 Å². The van der Waals surface area contributed by atoms with Crippen LogP contribution < -0.4 is 16.0 Å². The molecule has 0 fully saturated rings. The molecule has 0 unspecified atom stereocenters. The van der Waals surface area contributed by atoms with Crippen molar-refractivity contribution in [3.8, 4) is 0 Å². The number of amides is 5. The molecule has 1 aliphatic rings. The van der Waals surface area contributed by atoms with Gasteiger partial charge in [0, 0.05) is 6.07 Å². The third kappa shape index (κ3) is 1.59. The van der Waals surface area contributed by atoms with Gasteiger partial charge in [-0.3, -0.25) is 4.79 Å². The van der Waals surface area contributed by atoms with Gasteiger partial charge in [0.1, 0.15) is 0 Å². The molecule has 6 nitrogen and oxygen atoms in total. The van der Waals surface area contributed by atoms with Gasteiger partial charge < -0.3 is 5.73 Å². The molecule has 5 amide bonds. The number of fused-ring (bicyclic) bond motifs is 1. The van der Waals surface area contributed by atoms with Crippen molar-refractivity contribution in [3.63, 3.8) is 0 Å². The van der Waals surface area contributed by atoms with Gasteiger partial charge in [0.05, 0.1) is 11.3 Å². The lowest BCUT2D eigenvalue weighted by Crippen LogP contribution is -2.49. The summed E-state index contributed by atoms with van der Waals surface area (Å²) in [6, 6.07) is -1.38. The van der Waals surface area contributed by atoms with Crippen LogP contribution in [0.3, 0.4) is 0 Å². The van der Waals surface area contributed by atoms with Crippen LogP contribution >= 0.6 is 0 Å². The molecule has 0 atom stereocenters. The Morgan fingerprint density at radius 1 is 1.24 bits per heavy atom. The lowest BCUT2D eigenvalue weighted by atomic mass is 10.1. The minimum atomic E-state index is -1.31. The third-order valence-corrected chi connectivity index (χ3v) is 2.12. The first-order valence-corrected chi connectivity index (χ1v) is 4.30. The number of carbonyl (C=O) groups is 3. The number of carbonyl (C=O) groups excluding carboxylic acids is 3. The van der Waals surface area contributed by atoms with Gasteiger partial charge in [-0.25, -0.2) is 23.3 Å². The number of hydrogen-bond donors (Lipinski definition) is 1. The average Bonchev–Trinajstić information content (AvgIpc) is 2.20. The fraction of sp³-hybridized carbons (Fsp3) is 0. The number of hydrogen-bond acceptors (Lipinski definition) is 3. The van der Waals surface area contributed by atoms with Crippen molar-refractivity contribution in [2.45, 2.75) is 0 Å². The van der Waals surface area contributed by atoms with Crippen LogP contribution in [-0.2, 0) is 0 Å². The molecule has 87 valence electrons. The quantitative estimate of drug-likeness (QED) is 0.724. The first-order valence-electron chi connectivity index (χ1n) is 4.30. The Bertz CT molecular complexity index is 559. The first kappa shape index (κ1) is 11.0. The number of urea groups is 2. The van der Waals surface area contributed by atoms with Crippen LogP contribution in [0.4, 0.5) is 24.1 Å². The zero-order valence-electron chi connectivity index (χ0n) is 8.11. The lowest BCUT2D eigenvalue weighted by molar-refractivity contribution is 0.0958. The van der Waals surface area contributed by atoms with Crippen molar-refractivity contribution in [1.29, 1.82) is 0 Å². The van der Waals surface area contributed by atoms with Gasteiger partial charge in [-0.1, -0.05) is 0 Å². The highest BCUT2D eigenvalue weighted by molar-refractivity contribution is 6.25. The molecule has 1 aromatic carbocycles. The maximum Gasteiger partial charge on any atom is 0.359 e. The fourth-order valence-electron chi connectivity index (χ4n) is 1.41.